The zero-order valence-electron chi connectivity index (χ0n) is 9.71. The number of hydrogen-bond donors (Lipinski definition) is 3. The van der Waals surface area contributed by atoms with Gasteiger partial charge in [-0.3, -0.25) is 5.10 Å². The van der Waals surface area contributed by atoms with Crippen LogP contribution in [0.5, 0.6) is 5.75 Å². The highest BCUT2D eigenvalue weighted by Crippen LogP contribution is 2.27. The average Bonchev–Trinajstić information content (AvgIpc) is 2.59. The van der Waals surface area contributed by atoms with E-state index in [2.05, 4.69) is 15.5 Å². The van der Waals surface area contributed by atoms with E-state index in [4.69, 9.17) is 11.6 Å². The second-order valence-corrected chi connectivity index (χ2v) is 4.31. The Morgan fingerprint density at radius 1 is 1.41 bits per heavy atom. The molecule has 0 fully saturated rings. The lowest BCUT2D eigenvalue weighted by atomic mass is 10.2. The van der Waals surface area contributed by atoms with Crippen molar-refractivity contribution in [3.05, 3.63) is 40.2 Å². The molecular formula is C12H14ClN3O. The van der Waals surface area contributed by atoms with Gasteiger partial charge in [0.15, 0.2) is 0 Å². The number of hydrogen-bond acceptors (Lipinski definition) is 3. The number of aromatic hydroxyl groups is 1. The number of phenols is 1. The lowest BCUT2D eigenvalue weighted by Crippen LogP contribution is -2.02. The molecule has 0 spiro atoms. The van der Waals surface area contributed by atoms with E-state index in [0.29, 0.717) is 17.1 Å². The summed E-state index contributed by atoms with van der Waals surface area (Å²) in [6.45, 7) is 4.32. The molecule has 0 saturated carbocycles. The first-order chi connectivity index (χ1) is 8.09. The van der Waals surface area contributed by atoms with Gasteiger partial charge in [-0.1, -0.05) is 17.7 Å². The zero-order valence-corrected chi connectivity index (χ0v) is 10.5. The molecule has 0 unspecified atom stereocenters. The van der Waals surface area contributed by atoms with Crippen LogP contribution in [0.25, 0.3) is 0 Å². The number of rotatable bonds is 3. The number of nitrogens with zero attached hydrogens (tertiary/aromatic N) is 1. The van der Waals surface area contributed by atoms with E-state index < -0.39 is 0 Å². The van der Waals surface area contributed by atoms with Crippen LogP contribution in [0, 0.1) is 13.8 Å². The van der Waals surface area contributed by atoms with E-state index in [1.165, 1.54) is 0 Å². The summed E-state index contributed by atoms with van der Waals surface area (Å²) < 4.78 is 0. The summed E-state index contributed by atoms with van der Waals surface area (Å²) in [5, 5.41) is 20.5. The standard InChI is InChI=1S/C12H14ClN3O/c1-7-12(8(2)16-15-7)14-6-9-10(13)4-3-5-11(9)17/h3-5,14,17H,6H2,1-2H3,(H,15,16). The third kappa shape index (κ3) is 2.36. The van der Waals surface area contributed by atoms with Gasteiger partial charge in [0.1, 0.15) is 5.75 Å². The molecule has 0 aliphatic heterocycles. The van der Waals surface area contributed by atoms with Crippen molar-refractivity contribution in [3.63, 3.8) is 0 Å². The van der Waals surface area contributed by atoms with Crippen LogP contribution >= 0.6 is 11.6 Å². The minimum absolute atomic E-state index is 0.198. The molecule has 2 rings (SSSR count). The molecule has 5 heteroatoms. The largest absolute Gasteiger partial charge is 0.508 e. The third-order valence-electron chi connectivity index (χ3n) is 2.66. The molecule has 0 amide bonds. The summed E-state index contributed by atoms with van der Waals surface area (Å²) in [7, 11) is 0. The quantitative estimate of drug-likeness (QED) is 0.786. The van der Waals surface area contributed by atoms with Gasteiger partial charge in [-0.05, 0) is 26.0 Å². The molecule has 2 aromatic rings. The summed E-state index contributed by atoms with van der Waals surface area (Å²) in [6, 6.07) is 5.10. The van der Waals surface area contributed by atoms with Crippen molar-refractivity contribution in [1.29, 1.82) is 0 Å². The molecule has 1 heterocycles. The molecule has 4 nitrogen and oxygen atoms in total. The molecule has 1 aromatic carbocycles. The first-order valence-electron chi connectivity index (χ1n) is 5.31. The maximum atomic E-state index is 9.71. The van der Waals surface area contributed by atoms with E-state index >= 15 is 0 Å². The fraction of sp³-hybridized carbons (Fsp3) is 0.250. The SMILES string of the molecule is Cc1n[nH]c(C)c1NCc1c(O)cccc1Cl. The minimum atomic E-state index is 0.198. The second-order valence-electron chi connectivity index (χ2n) is 3.90. The van der Waals surface area contributed by atoms with Gasteiger partial charge in [0.05, 0.1) is 17.1 Å². The summed E-state index contributed by atoms with van der Waals surface area (Å²) in [6.07, 6.45) is 0. The summed E-state index contributed by atoms with van der Waals surface area (Å²) >= 11 is 6.03. The maximum Gasteiger partial charge on any atom is 0.122 e. The summed E-state index contributed by atoms with van der Waals surface area (Å²) in [4.78, 5) is 0. The van der Waals surface area contributed by atoms with Crippen LogP contribution in [0.3, 0.4) is 0 Å². The van der Waals surface area contributed by atoms with E-state index in [1.54, 1.807) is 18.2 Å². The van der Waals surface area contributed by atoms with Crippen LogP contribution in [0.4, 0.5) is 5.69 Å². The van der Waals surface area contributed by atoms with Crippen molar-refractivity contribution in [3.8, 4) is 5.75 Å². The molecule has 17 heavy (non-hydrogen) atoms. The fourth-order valence-corrected chi connectivity index (χ4v) is 1.95. The molecule has 90 valence electrons. The maximum absolute atomic E-state index is 9.71. The van der Waals surface area contributed by atoms with Gasteiger partial charge >= 0.3 is 0 Å². The number of aromatic nitrogens is 2. The molecule has 0 bridgehead atoms. The van der Waals surface area contributed by atoms with E-state index in [0.717, 1.165) is 17.1 Å². The lowest BCUT2D eigenvalue weighted by Gasteiger charge is -2.09. The zero-order chi connectivity index (χ0) is 12.4. The number of anilines is 1. The van der Waals surface area contributed by atoms with Crippen LogP contribution in [0.1, 0.15) is 17.0 Å². The average molecular weight is 252 g/mol. The predicted molar refractivity (Wildman–Crippen MR) is 68.5 cm³/mol. The summed E-state index contributed by atoms with van der Waals surface area (Å²) in [5.41, 5.74) is 3.50. The first-order valence-corrected chi connectivity index (χ1v) is 5.69. The number of aryl methyl sites for hydroxylation is 2. The third-order valence-corrected chi connectivity index (χ3v) is 3.02. The minimum Gasteiger partial charge on any atom is -0.508 e. The Balaban J connectivity index is 2.18. The second kappa shape index (κ2) is 4.67. The van der Waals surface area contributed by atoms with Gasteiger partial charge in [0.2, 0.25) is 0 Å². The molecular weight excluding hydrogens is 238 g/mol. The van der Waals surface area contributed by atoms with Crippen molar-refractivity contribution < 1.29 is 5.11 Å². The molecule has 0 radical (unpaired) electrons. The first kappa shape index (κ1) is 11.8. The Morgan fingerprint density at radius 2 is 2.18 bits per heavy atom. The van der Waals surface area contributed by atoms with E-state index in [-0.39, 0.29) is 5.75 Å². The highest BCUT2D eigenvalue weighted by Gasteiger charge is 2.09. The van der Waals surface area contributed by atoms with Crippen molar-refractivity contribution in [2.45, 2.75) is 20.4 Å². The van der Waals surface area contributed by atoms with E-state index in [1.807, 2.05) is 13.8 Å². The number of nitrogens with one attached hydrogen (secondary N) is 2. The predicted octanol–water partition coefficient (Wildman–Crippen LogP) is 3.00. The number of phenolic OH excluding ortho intramolecular Hbond substituents is 1. The molecule has 1 aromatic heterocycles. The molecule has 0 atom stereocenters. The Labute approximate surface area is 105 Å². The number of aromatic amines is 1. The monoisotopic (exact) mass is 251 g/mol. The smallest absolute Gasteiger partial charge is 0.122 e. The Bertz CT molecular complexity index is 497. The highest BCUT2D eigenvalue weighted by molar-refractivity contribution is 6.31. The number of benzene rings is 1. The van der Waals surface area contributed by atoms with Crippen LogP contribution in [-0.4, -0.2) is 15.3 Å². The van der Waals surface area contributed by atoms with Gasteiger partial charge in [-0.25, -0.2) is 0 Å². The Morgan fingerprint density at radius 3 is 2.76 bits per heavy atom. The fourth-order valence-electron chi connectivity index (χ4n) is 1.71. The normalized spacial score (nSPS) is 10.5. The highest BCUT2D eigenvalue weighted by atomic mass is 35.5. The van der Waals surface area contributed by atoms with Crippen molar-refractivity contribution in [1.82, 2.24) is 10.2 Å². The van der Waals surface area contributed by atoms with Gasteiger partial charge in [0.25, 0.3) is 0 Å². The van der Waals surface area contributed by atoms with Gasteiger partial charge in [0, 0.05) is 17.1 Å². The van der Waals surface area contributed by atoms with Gasteiger partial charge < -0.3 is 10.4 Å². The van der Waals surface area contributed by atoms with Crippen LogP contribution in [0.15, 0.2) is 18.2 Å². The van der Waals surface area contributed by atoms with Crippen LogP contribution < -0.4 is 5.32 Å². The van der Waals surface area contributed by atoms with Crippen molar-refractivity contribution >= 4 is 17.3 Å². The Kier molecular flexibility index (Phi) is 3.24. The Hall–Kier alpha value is -1.68. The summed E-state index contributed by atoms with van der Waals surface area (Å²) in [5.74, 6) is 0.198. The molecule has 0 saturated heterocycles. The van der Waals surface area contributed by atoms with Crippen LogP contribution in [0.2, 0.25) is 5.02 Å². The lowest BCUT2D eigenvalue weighted by molar-refractivity contribution is 0.469. The van der Waals surface area contributed by atoms with Gasteiger partial charge in [-0.15, -0.1) is 0 Å². The molecule has 3 N–H and O–H groups in total. The van der Waals surface area contributed by atoms with Crippen molar-refractivity contribution in [2.75, 3.05) is 5.32 Å². The molecule has 0 aliphatic rings. The topological polar surface area (TPSA) is 60.9 Å². The number of H-pyrrole nitrogens is 1. The van der Waals surface area contributed by atoms with Gasteiger partial charge in [-0.2, -0.15) is 5.10 Å². The number of halogens is 1. The molecule has 0 aliphatic carbocycles. The van der Waals surface area contributed by atoms with Crippen LogP contribution in [-0.2, 0) is 6.54 Å². The van der Waals surface area contributed by atoms with E-state index in [9.17, 15) is 5.11 Å². The van der Waals surface area contributed by atoms with Crippen molar-refractivity contribution in [2.24, 2.45) is 0 Å².